The number of hydrogen-bond acceptors (Lipinski definition) is 2. The van der Waals surface area contributed by atoms with Crippen LogP contribution in [-0.4, -0.2) is 7.11 Å². The van der Waals surface area contributed by atoms with Crippen LogP contribution in [0.4, 0.5) is 4.39 Å². The summed E-state index contributed by atoms with van der Waals surface area (Å²) in [4.78, 5) is 0. The molecule has 0 fully saturated rings. The standard InChI is InChI=1S/C7H7FO2/c1-10-5-2-3-7(9)6(8)4-5/h2-4,9H,1H3/p-1. The molecule has 0 aliphatic carbocycles. The lowest BCUT2D eigenvalue weighted by molar-refractivity contribution is -0.272. The fourth-order valence-electron chi connectivity index (χ4n) is 0.609. The molecule has 0 saturated carbocycles. The molecule has 0 unspecified atom stereocenters. The molecular weight excluding hydrogens is 135 g/mol. The molecule has 0 saturated heterocycles. The lowest BCUT2D eigenvalue weighted by atomic mass is 10.3. The first-order chi connectivity index (χ1) is 4.74. The van der Waals surface area contributed by atoms with Crippen molar-refractivity contribution in [2.75, 3.05) is 7.11 Å². The highest BCUT2D eigenvalue weighted by atomic mass is 19.1. The number of benzene rings is 1. The Morgan fingerprint density at radius 2 is 2.20 bits per heavy atom. The second-order valence-corrected chi connectivity index (χ2v) is 1.80. The average molecular weight is 141 g/mol. The summed E-state index contributed by atoms with van der Waals surface area (Å²) in [6, 6.07) is 3.61. The third-order valence-corrected chi connectivity index (χ3v) is 1.14. The van der Waals surface area contributed by atoms with E-state index in [0.29, 0.717) is 5.75 Å². The van der Waals surface area contributed by atoms with Crippen molar-refractivity contribution in [2.24, 2.45) is 0 Å². The van der Waals surface area contributed by atoms with E-state index >= 15 is 0 Å². The van der Waals surface area contributed by atoms with Crippen molar-refractivity contribution in [2.45, 2.75) is 0 Å². The summed E-state index contributed by atoms with van der Waals surface area (Å²) in [6.07, 6.45) is 0. The summed E-state index contributed by atoms with van der Waals surface area (Å²) in [7, 11) is 1.42. The summed E-state index contributed by atoms with van der Waals surface area (Å²) in [5.41, 5.74) is 0. The van der Waals surface area contributed by atoms with Crippen LogP contribution >= 0.6 is 0 Å². The maximum atomic E-state index is 12.4. The Bertz CT molecular complexity index is 235. The molecule has 0 bridgehead atoms. The average Bonchev–Trinajstić information content (AvgIpc) is 1.95. The van der Waals surface area contributed by atoms with Crippen LogP contribution in [0.2, 0.25) is 0 Å². The van der Waals surface area contributed by atoms with E-state index in [4.69, 9.17) is 0 Å². The Balaban J connectivity index is 3.04. The third kappa shape index (κ3) is 1.18. The van der Waals surface area contributed by atoms with Gasteiger partial charge in [0.2, 0.25) is 0 Å². The van der Waals surface area contributed by atoms with Gasteiger partial charge >= 0.3 is 0 Å². The molecule has 0 aromatic heterocycles. The Morgan fingerprint density at radius 1 is 1.50 bits per heavy atom. The van der Waals surface area contributed by atoms with E-state index in [1.807, 2.05) is 0 Å². The van der Waals surface area contributed by atoms with E-state index in [0.717, 1.165) is 12.1 Å². The van der Waals surface area contributed by atoms with Gasteiger partial charge in [0.25, 0.3) is 0 Å². The fourth-order valence-corrected chi connectivity index (χ4v) is 0.609. The number of ether oxygens (including phenoxy) is 1. The molecule has 0 N–H and O–H groups in total. The van der Waals surface area contributed by atoms with Crippen LogP contribution in [0.5, 0.6) is 11.5 Å². The first kappa shape index (κ1) is 6.86. The summed E-state index contributed by atoms with van der Waals surface area (Å²) >= 11 is 0. The van der Waals surface area contributed by atoms with Crippen LogP contribution < -0.4 is 9.84 Å². The third-order valence-electron chi connectivity index (χ3n) is 1.14. The second-order valence-electron chi connectivity index (χ2n) is 1.80. The fraction of sp³-hybridized carbons (Fsp3) is 0.143. The largest absolute Gasteiger partial charge is 0.870 e. The predicted octanol–water partition coefficient (Wildman–Crippen LogP) is 0.908. The summed E-state index contributed by atoms with van der Waals surface area (Å²) in [5, 5.41) is 10.5. The van der Waals surface area contributed by atoms with Gasteiger partial charge in [-0.15, -0.1) is 0 Å². The van der Waals surface area contributed by atoms with E-state index in [-0.39, 0.29) is 0 Å². The summed E-state index contributed by atoms with van der Waals surface area (Å²) in [5.74, 6) is -1.03. The van der Waals surface area contributed by atoms with Crippen molar-refractivity contribution in [3.63, 3.8) is 0 Å². The van der Waals surface area contributed by atoms with Gasteiger partial charge in [0, 0.05) is 6.07 Å². The van der Waals surface area contributed by atoms with E-state index in [2.05, 4.69) is 4.74 Å². The zero-order valence-corrected chi connectivity index (χ0v) is 5.43. The molecule has 0 heterocycles. The van der Waals surface area contributed by atoms with E-state index in [1.165, 1.54) is 13.2 Å². The summed E-state index contributed by atoms with van der Waals surface area (Å²) in [6.45, 7) is 0. The highest BCUT2D eigenvalue weighted by molar-refractivity contribution is 5.30. The van der Waals surface area contributed by atoms with Crippen molar-refractivity contribution >= 4 is 0 Å². The Hall–Kier alpha value is -1.25. The molecule has 0 aliphatic rings. The van der Waals surface area contributed by atoms with E-state index in [1.54, 1.807) is 0 Å². The Kier molecular flexibility index (Phi) is 1.76. The van der Waals surface area contributed by atoms with E-state index < -0.39 is 11.6 Å². The molecular formula is C7H6FO2-. The molecule has 1 aromatic carbocycles. The zero-order valence-electron chi connectivity index (χ0n) is 5.43. The molecule has 0 spiro atoms. The van der Waals surface area contributed by atoms with Crippen molar-refractivity contribution in [3.8, 4) is 11.5 Å². The number of halogens is 1. The van der Waals surface area contributed by atoms with Crippen LogP contribution in [0.25, 0.3) is 0 Å². The first-order valence-electron chi connectivity index (χ1n) is 2.74. The van der Waals surface area contributed by atoms with Gasteiger partial charge in [-0.3, -0.25) is 0 Å². The van der Waals surface area contributed by atoms with Crippen LogP contribution in [0.3, 0.4) is 0 Å². The lowest BCUT2D eigenvalue weighted by Gasteiger charge is -2.06. The number of hydrogen-bond donors (Lipinski definition) is 0. The monoisotopic (exact) mass is 141 g/mol. The second kappa shape index (κ2) is 2.56. The van der Waals surface area contributed by atoms with Crippen LogP contribution in [0.1, 0.15) is 0 Å². The van der Waals surface area contributed by atoms with Crippen LogP contribution in [-0.2, 0) is 0 Å². The first-order valence-corrected chi connectivity index (χ1v) is 2.74. The smallest absolute Gasteiger partial charge is 0.121 e. The molecule has 1 aromatic rings. The van der Waals surface area contributed by atoms with Gasteiger partial charge < -0.3 is 9.84 Å². The van der Waals surface area contributed by atoms with Gasteiger partial charge in [0.05, 0.1) is 7.11 Å². The number of methoxy groups -OCH3 is 1. The molecule has 0 atom stereocenters. The normalized spacial score (nSPS) is 9.40. The van der Waals surface area contributed by atoms with Crippen LogP contribution in [0, 0.1) is 5.82 Å². The maximum absolute atomic E-state index is 12.4. The Morgan fingerprint density at radius 3 is 2.70 bits per heavy atom. The van der Waals surface area contributed by atoms with Crippen LogP contribution in [0.15, 0.2) is 18.2 Å². The minimum Gasteiger partial charge on any atom is -0.870 e. The maximum Gasteiger partial charge on any atom is 0.121 e. The minimum atomic E-state index is -0.778. The van der Waals surface area contributed by atoms with Gasteiger partial charge in [-0.25, -0.2) is 4.39 Å². The van der Waals surface area contributed by atoms with Gasteiger partial charge in [0.15, 0.2) is 0 Å². The van der Waals surface area contributed by atoms with Gasteiger partial charge in [-0.05, 0) is 6.07 Å². The Labute approximate surface area is 57.9 Å². The topological polar surface area (TPSA) is 32.3 Å². The van der Waals surface area contributed by atoms with Crippen molar-refractivity contribution in [1.29, 1.82) is 0 Å². The molecule has 10 heavy (non-hydrogen) atoms. The molecule has 1 rings (SSSR count). The zero-order chi connectivity index (χ0) is 7.56. The molecule has 54 valence electrons. The van der Waals surface area contributed by atoms with Crippen molar-refractivity contribution in [1.82, 2.24) is 0 Å². The van der Waals surface area contributed by atoms with Gasteiger partial charge in [-0.2, -0.15) is 0 Å². The van der Waals surface area contributed by atoms with Crippen molar-refractivity contribution in [3.05, 3.63) is 24.0 Å². The molecule has 2 nitrogen and oxygen atoms in total. The van der Waals surface area contributed by atoms with Gasteiger partial charge in [-0.1, -0.05) is 11.8 Å². The highest BCUT2D eigenvalue weighted by Crippen LogP contribution is 2.17. The summed E-state index contributed by atoms with van der Waals surface area (Å²) < 4.78 is 17.0. The molecule has 0 aliphatic heterocycles. The van der Waals surface area contributed by atoms with E-state index in [9.17, 15) is 9.50 Å². The molecule has 0 amide bonds. The molecule has 3 heteroatoms. The van der Waals surface area contributed by atoms with Crippen molar-refractivity contribution < 1.29 is 14.2 Å². The lowest BCUT2D eigenvalue weighted by Crippen LogP contribution is -1.94. The number of rotatable bonds is 1. The highest BCUT2D eigenvalue weighted by Gasteiger charge is 1.93. The molecule has 0 radical (unpaired) electrons. The minimum absolute atomic E-state index is 0.358. The van der Waals surface area contributed by atoms with Gasteiger partial charge in [0.1, 0.15) is 11.6 Å². The SMILES string of the molecule is COc1ccc([O-])c(F)c1. The quantitative estimate of drug-likeness (QED) is 0.582. The predicted molar refractivity (Wildman–Crippen MR) is 32.4 cm³/mol.